The standard InChI is InChI=1S/C16H16ClF3N4O3S/c1-27-15-14(21-4-5-22-15)23-6-8-24(9-7-23)28(25,26)11-2-3-13(17)12(10-11)16(18,19)20/h2-5,10H,6-9H2,1H3. The molecule has 1 fully saturated rings. The molecular weight excluding hydrogens is 421 g/mol. The van der Waals surface area contributed by atoms with Gasteiger partial charge < -0.3 is 9.64 Å². The third-order valence-corrected chi connectivity index (χ3v) is 6.48. The third-order valence-electron chi connectivity index (χ3n) is 4.26. The van der Waals surface area contributed by atoms with Crippen LogP contribution in [0.15, 0.2) is 35.5 Å². The smallest absolute Gasteiger partial charge is 0.417 e. The number of hydrogen-bond donors (Lipinski definition) is 0. The van der Waals surface area contributed by atoms with Crippen LogP contribution in [-0.4, -0.2) is 56.0 Å². The summed E-state index contributed by atoms with van der Waals surface area (Å²) in [6, 6.07) is 2.58. The van der Waals surface area contributed by atoms with Crippen molar-refractivity contribution in [3.8, 4) is 5.88 Å². The predicted octanol–water partition coefficient (Wildman–Crippen LogP) is 2.67. The molecular formula is C16H16ClF3N4O3S. The summed E-state index contributed by atoms with van der Waals surface area (Å²) in [5.74, 6) is 0.791. The van der Waals surface area contributed by atoms with Crippen LogP contribution in [0, 0.1) is 0 Å². The van der Waals surface area contributed by atoms with Crippen LogP contribution in [0.4, 0.5) is 19.0 Å². The molecule has 0 N–H and O–H groups in total. The van der Waals surface area contributed by atoms with Crippen LogP contribution < -0.4 is 9.64 Å². The van der Waals surface area contributed by atoms with Gasteiger partial charge in [0.25, 0.3) is 5.88 Å². The molecule has 0 atom stereocenters. The first-order chi connectivity index (χ1) is 13.1. The zero-order chi connectivity index (χ0) is 20.5. The minimum Gasteiger partial charge on any atom is -0.478 e. The maximum absolute atomic E-state index is 13.0. The second kappa shape index (κ2) is 7.72. The highest BCUT2D eigenvalue weighted by Gasteiger charge is 2.36. The largest absolute Gasteiger partial charge is 0.478 e. The molecule has 0 saturated carbocycles. The van der Waals surface area contributed by atoms with Gasteiger partial charge in [0.15, 0.2) is 5.82 Å². The van der Waals surface area contributed by atoms with Crippen LogP contribution in [0.3, 0.4) is 0 Å². The number of sulfonamides is 1. The summed E-state index contributed by atoms with van der Waals surface area (Å²) in [4.78, 5) is 9.61. The number of anilines is 1. The molecule has 2 heterocycles. The molecule has 152 valence electrons. The zero-order valence-electron chi connectivity index (χ0n) is 14.6. The fraction of sp³-hybridized carbons (Fsp3) is 0.375. The molecule has 1 aromatic carbocycles. The molecule has 1 saturated heterocycles. The van der Waals surface area contributed by atoms with Gasteiger partial charge >= 0.3 is 6.18 Å². The van der Waals surface area contributed by atoms with Gasteiger partial charge in [-0.05, 0) is 18.2 Å². The van der Waals surface area contributed by atoms with Crippen LogP contribution in [-0.2, 0) is 16.2 Å². The maximum atomic E-state index is 13.0. The number of rotatable bonds is 4. The Kier molecular flexibility index (Phi) is 5.69. The molecule has 1 aromatic heterocycles. The van der Waals surface area contributed by atoms with Crippen molar-refractivity contribution in [2.45, 2.75) is 11.1 Å². The summed E-state index contributed by atoms with van der Waals surface area (Å²) in [7, 11) is -2.65. The van der Waals surface area contributed by atoms with E-state index in [2.05, 4.69) is 9.97 Å². The number of alkyl halides is 3. The number of ether oxygens (including phenoxy) is 1. The highest BCUT2D eigenvalue weighted by atomic mass is 35.5. The predicted molar refractivity (Wildman–Crippen MR) is 96.0 cm³/mol. The van der Waals surface area contributed by atoms with E-state index in [0.29, 0.717) is 17.8 Å². The molecule has 0 bridgehead atoms. The van der Waals surface area contributed by atoms with E-state index in [-0.39, 0.29) is 26.2 Å². The molecule has 1 aliphatic rings. The zero-order valence-corrected chi connectivity index (χ0v) is 16.2. The minimum atomic E-state index is -4.75. The van der Waals surface area contributed by atoms with Crippen molar-refractivity contribution < 1.29 is 26.3 Å². The molecule has 0 radical (unpaired) electrons. The fourth-order valence-corrected chi connectivity index (χ4v) is 4.52. The molecule has 12 heteroatoms. The average molecular weight is 437 g/mol. The molecule has 0 unspecified atom stereocenters. The van der Waals surface area contributed by atoms with E-state index >= 15 is 0 Å². The number of methoxy groups -OCH3 is 1. The summed E-state index contributed by atoms with van der Waals surface area (Å²) in [5, 5.41) is -0.550. The second-order valence-corrected chi connectivity index (χ2v) is 8.26. The van der Waals surface area contributed by atoms with E-state index in [4.69, 9.17) is 16.3 Å². The Morgan fingerprint density at radius 1 is 1.11 bits per heavy atom. The van der Waals surface area contributed by atoms with Crippen molar-refractivity contribution in [1.82, 2.24) is 14.3 Å². The van der Waals surface area contributed by atoms with Gasteiger partial charge in [0, 0.05) is 38.6 Å². The molecule has 7 nitrogen and oxygen atoms in total. The minimum absolute atomic E-state index is 0.0754. The Balaban J connectivity index is 1.80. The molecule has 1 aliphatic heterocycles. The van der Waals surface area contributed by atoms with Crippen LogP contribution in [0.1, 0.15) is 5.56 Å². The average Bonchev–Trinajstić information content (AvgIpc) is 2.67. The first-order valence-electron chi connectivity index (χ1n) is 8.11. The van der Waals surface area contributed by atoms with Crippen molar-refractivity contribution in [2.24, 2.45) is 0 Å². The Morgan fingerprint density at radius 3 is 2.36 bits per heavy atom. The number of halogens is 4. The van der Waals surface area contributed by atoms with E-state index in [0.717, 1.165) is 16.4 Å². The van der Waals surface area contributed by atoms with Crippen LogP contribution in [0.25, 0.3) is 0 Å². The van der Waals surface area contributed by atoms with E-state index in [1.807, 2.05) is 0 Å². The molecule has 28 heavy (non-hydrogen) atoms. The quantitative estimate of drug-likeness (QED) is 0.733. The summed E-state index contributed by atoms with van der Waals surface area (Å²) >= 11 is 5.57. The topological polar surface area (TPSA) is 75.6 Å². The second-order valence-electron chi connectivity index (χ2n) is 5.92. The summed E-state index contributed by atoms with van der Waals surface area (Å²) in [6.45, 7) is 0.722. The third kappa shape index (κ3) is 4.01. The molecule has 0 spiro atoms. The number of piperazine rings is 1. The summed E-state index contributed by atoms with van der Waals surface area (Å²) in [5.41, 5.74) is -1.18. The Bertz CT molecular complexity index is 964. The Labute approximate surface area is 164 Å². The molecule has 0 amide bonds. The molecule has 2 aromatic rings. The number of aromatic nitrogens is 2. The van der Waals surface area contributed by atoms with E-state index in [1.165, 1.54) is 19.5 Å². The Morgan fingerprint density at radius 2 is 1.75 bits per heavy atom. The van der Waals surface area contributed by atoms with Gasteiger partial charge in [-0.15, -0.1) is 0 Å². The van der Waals surface area contributed by atoms with Gasteiger partial charge in [-0.1, -0.05) is 11.6 Å². The summed E-state index contributed by atoms with van der Waals surface area (Å²) in [6.07, 6.45) is -1.78. The van der Waals surface area contributed by atoms with Gasteiger partial charge in [-0.25, -0.2) is 18.4 Å². The van der Waals surface area contributed by atoms with E-state index in [1.54, 1.807) is 4.90 Å². The van der Waals surface area contributed by atoms with Crippen molar-refractivity contribution in [1.29, 1.82) is 0 Å². The Hall–Kier alpha value is -2.11. The number of hydrogen-bond acceptors (Lipinski definition) is 6. The van der Waals surface area contributed by atoms with Gasteiger partial charge in [-0.3, -0.25) is 0 Å². The lowest BCUT2D eigenvalue weighted by atomic mass is 10.2. The number of nitrogens with zero attached hydrogens (tertiary/aromatic N) is 4. The van der Waals surface area contributed by atoms with Crippen LogP contribution in [0.5, 0.6) is 5.88 Å². The van der Waals surface area contributed by atoms with Gasteiger partial charge in [0.1, 0.15) is 0 Å². The van der Waals surface area contributed by atoms with E-state index < -0.39 is 31.7 Å². The van der Waals surface area contributed by atoms with Crippen LogP contribution >= 0.6 is 11.6 Å². The van der Waals surface area contributed by atoms with Gasteiger partial charge in [-0.2, -0.15) is 17.5 Å². The molecule has 0 aliphatic carbocycles. The lowest BCUT2D eigenvalue weighted by Crippen LogP contribution is -2.49. The summed E-state index contributed by atoms with van der Waals surface area (Å²) < 4.78 is 71.0. The van der Waals surface area contributed by atoms with Crippen LogP contribution in [0.2, 0.25) is 5.02 Å². The van der Waals surface area contributed by atoms with Crippen molar-refractivity contribution >= 4 is 27.4 Å². The first-order valence-corrected chi connectivity index (χ1v) is 9.93. The van der Waals surface area contributed by atoms with Crippen molar-refractivity contribution in [2.75, 3.05) is 38.2 Å². The fourth-order valence-electron chi connectivity index (χ4n) is 2.85. The van der Waals surface area contributed by atoms with Crippen molar-refractivity contribution in [3.63, 3.8) is 0 Å². The lowest BCUT2D eigenvalue weighted by molar-refractivity contribution is -0.137. The SMILES string of the molecule is COc1nccnc1N1CCN(S(=O)(=O)c2ccc(Cl)c(C(F)(F)F)c2)CC1. The number of benzene rings is 1. The molecule has 3 rings (SSSR count). The highest BCUT2D eigenvalue weighted by Crippen LogP contribution is 2.36. The first kappa shape index (κ1) is 20.6. The van der Waals surface area contributed by atoms with Crippen molar-refractivity contribution in [3.05, 3.63) is 41.2 Å². The normalized spacial score (nSPS) is 16.2. The lowest BCUT2D eigenvalue weighted by Gasteiger charge is -2.34. The monoisotopic (exact) mass is 436 g/mol. The van der Waals surface area contributed by atoms with Gasteiger partial charge in [0.05, 0.1) is 22.6 Å². The van der Waals surface area contributed by atoms with Gasteiger partial charge in [0.2, 0.25) is 10.0 Å². The maximum Gasteiger partial charge on any atom is 0.417 e. The van der Waals surface area contributed by atoms with E-state index in [9.17, 15) is 21.6 Å². The highest BCUT2D eigenvalue weighted by molar-refractivity contribution is 7.89.